The number of nitrogens with zero attached hydrogens (tertiary/aromatic N) is 1. The summed E-state index contributed by atoms with van der Waals surface area (Å²) < 4.78 is 27.6. The topological polar surface area (TPSA) is 66.5 Å². The molecular weight excluding hydrogens is 452 g/mol. The fraction of sp³-hybridized carbons (Fsp3) is 0.409. The summed E-state index contributed by atoms with van der Waals surface area (Å²) in [4.78, 5) is 13.1. The van der Waals surface area contributed by atoms with E-state index in [9.17, 15) is 13.2 Å². The van der Waals surface area contributed by atoms with Crippen molar-refractivity contribution in [2.24, 2.45) is 0 Å². The van der Waals surface area contributed by atoms with Crippen LogP contribution in [0.3, 0.4) is 0 Å². The molecule has 5 nitrogen and oxygen atoms in total. The Morgan fingerprint density at radius 2 is 1.76 bits per heavy atom. The number of amides is 1. The minimum atomic E-state index is -3.62. The van der Waals surface area contributed by atoms with E-state index < -0.39 is 10.0 Å². The molecule has 0 aliphatic heterocycles. The minimum absolute atomic E-state index is 0.0334. The van der Waals surface area contributed by atoms with E-state index in [1.54, 1.807) is 19.9 Å². The lowest BCUT2D eigenvalue weighted by molar-refractivity contribution is 0.0927. The highest BCUT2D eigenvalue weighted by Crippen LogP contribution is 2.43. The van der Waals surface area contributed by atoms with Crippen molar-refractivity contribution in [2.75, 3.05) is 19.6 Å². The van der Waals surface area contributed by atoms with Crippen LogP contribution in [0.4, 0.5) is 0 Å². The zero-order valence-corrected chi connectivity index (χ0v) is 19.2. The van der Waals surface area contributed by atoms with Crippen molar-refractivity contribution in [3.8, 4) is 0 Å². The van der Waals surface area contributed by atoms with Gasteiger partial charge in [-0.1, -0.05) is 50.6 Å². The zero-order valence-electron chi connectivity index (χ0n) is 16.8. The summed E-state index contributed by atoms with van der Waals surface area (Å²) in [5.74, 6) is -0.268. The third-order valence-corrected chi connectivity index (χ3v) is 8.55. The van der Waals surface area contributed by atoms with Crippen LogP contribution in [0, 0.1) is 0 Å². The molecule has 0 saturated heterocycles. The van der Waals surface area contributed by atoms with Gasteiger partial charge in [0.05, 0.1) is 10.5 Å². The molecule has 0 unspecified atom stereocenters. The van der Waals surface area contributed by atoms with E-state index in [2.05, 4.69) is 33.4 Å². The third-order valence-electron chi connectivity index (χ3n) is 5.81. The van der Waals surface area contributed by atoms with E-state index in [1.807, 2.05) is 18.2 Å². The molecule has 1 amide bonds. The van der Waals surface area contributed by atoms with Gasteiger partial charge >= 0.3 is 0 Å². The van der Waals surface area contributed by atoms with Gasteiger partial charge < -0.3 is 5.32 Å². The summed E-state index contributed by atoms with van der Waals surface area (Å²) in [6.45, 7) is 4.91. The Kier molecular flexibility index (Phi) is 6.81. The largest absolute Gasteiger partial charge is 0.351 e. The number of carbonyl (C=O) groups excluding carboxylic acids is 1. The molecule has 1 aliphatic carbocycles. The fourth-order valence-corrected chi connectivity index (χ4v) is 5.77. The lowest BCUT2D eigenvalue weighted by Crippen LogP contribution is -2.45. The van der Waals surface area contributed by atoms with Crippen molar-refractivity contribution in [2.45, 2.75) is 43.4 Å². The molecule has 1 saturated carbocycles. The Hall–Kier alpha value is -1.70. The normalized spacial score (nSPS) is 15.7. The molecule has 0 atom stereocenters. The molecule has 1 fully saturated rings. The van der Waals surface area contributed by atoms with E-state index in [1.165, 1.54) is 22.0 Å². The lowest BCUT2D eigenvalue weighted by atomic mass is 9.64. The molecule has 29 heavy (non-hydrogen) atoms. The molecule has 0 radical (unpaired) electrons. The van der Waals surface area contributed by atoms with Crippen molar-refractivity contribution < 1.29 is 13.2 Å². The first-order valence-corrected chi connectivity index (χ1v) is 12.2. The lowest BCUT2D eigenvalue weighted by Gasteiger charge is -2.42. The van der Waals surface area contributed by atoms with Crippen LogP contribution in [0.15, 0.2) is 57.9 Å². The van der Waals surface area contributed by atoms with E-state index in [0.717, 1.165) is 19.3 Å². The van der Waals surface area contributed by atoms with Gasteiger partial charge in [-0.2, -0.15) is 4.31 Å². The maximum atomic E-state index is 12.9. The van der Waals surface area contributed by atoms with Gasteiger partial charge in [-0.15, -0.1) is 0 Å². The SMILES string of the molecule is CCN(CC)S(=O)(=O)c1ccc(Br)c(C(=O)NCC2(c3ccccc3)CCC2)c1. The van der Waals surface area contributed by atoms with Gasteiger partial charge in [0.15, 0.2) is 0 Å². The number of rotatable bonds is 8. The maximum absolute atomic E-state index is 12.9. The monoisotopic (exact) mass is 478 g/mol. The van der Waals surface area contributed by atoms with Crippen LogP contribution >= 0.6 is 15.9 Å². The summed E-state index contributed by atoms with van der Waals surface area (Å²) in [5.41, 5.74) is 1.54. The smallest absolute Gasteiger partial charge is 0.252 e. The molecule has 0 bridgehead atoms. The average molecular weight is 479 g/mol. The highest BCUT2D eigenvalue weighted by atomic mass is 79.9. The number of sulfonamides is 1. The van der Waals surface area contributed by atoms with Crippen LogP contribution < -0.4 is 5.32 Å². The van der Waals surface area contributed by atoms with Crippen molar-refractivity contribution in [1.29, 1.82) is 0 Å². The van der Waals surface area contributed by atoms with Gasteiger partial charge in [0.25, 0.3) is 5.91 Å². The number of carbonyl (C=O) groups is 1. The number of hydrogen-bond donors (Lipinski definition) is 1. The third kappa shape index (κ3) is 4.42. The highest BCUT2D eigenvalue weighted by Gasteiger charge is 2.38. The Morgan fingerprint density at radius 3 is 2.31 bits per heavy atom. The molecule has 2 aromatic carbocycles. The van der Waals surface area contributed by atoms with Gasteiger partial charge in [-0.25, -0.2) is 8.42 Å². The summed E-state index contributed by atoms with van der Waals surface area (Å²) in [6, 6.07) is 14.9. The van der Waals surface area contributed by atoms with Gasteiger partial charge in [0, 0.05) is 29.5 Å². The predicted octanol–water partition coefficient (Wildman–Crippen LogP) is 4.33. The standard InChI is InChI=1S/C22H27BrN2O3S/c1-3-25(4-2)29(27,28)18-11-12-20(23)19(15-18)21(26)24-16-22(13-8-14-22)17-9-6-5-7-10-17/h5-7,9-12,15H,3-4,8,13-14,16H2,1-2H3,(H,24,26). The van der Waals surface area contributed by atoms with Gasteiger partial charge in [-0.05, 0) is 52.5 Å². The van der Waals surface area contributed by atoms with E-state index >= 15 is 0 Å². The average Bonchev–Trinajstić information content (AvgIpc) is 2.68. The molecule has 7 heteroatoms. The number of hydrogen-bond acceptors (Lipinski definition) is 3. The van der Waals surface area contributed by atoms with Gasteiger partial charge in [0.1, 0.15) is 0 Å². The van der Waals surface area contributed by atoms with Crippen LogP contribution in [0.2, 0.25) is 0 Å². The molecular formula is C22H27BrN2O3S. The Labute approximate surface area is 181 Å². The minimum Gasteiger partial charge on any atom is -0.351 e. The second-order valence-corrected chi connectivity index (χ2v) is 10.2. The van der Waals surface area contributed by atoms with Crippen molar-refractivity contribution >= 4 is 31.9 Å². The number of benzene rings is 2. The first-order chi connectivity index (χ1) is 13.8. The molecule has 156 valence electrons. The second kappa shape index (κ2) is 8.98. The molecule has 0 aromatic heterocycles. The maximum Gasteiger partial charge on any atom is 0.252 e. The molecule has 2 aromatic rings. The van der Waals surface area contributed by atoms with Crippen molar-refractivity contribution in [3.63, 3.8) is 0 Å². The summed E-state index contributed by atoms with van der Waals surface area (Å²) in [7, 11) is -3.62. The Morgan fingerprint density at radius 1 is 1.10 bits per heavy atom. The quantitative estimate of drug-likeness (QED) is 0.613. The number of halogens is 1. The molecule has 1 N–H and O–H groups in total. The molecule has 1 aliphatic rings. The summed E-state index contributed by atoms with van der Waals surface area (Å²) >= 11 is 3.40. The fourth-order valence-electron chi connectivity index (χ4n) is 3.86. The van der Waals surface area contributed by atoms with Gasteiger partial charge in [0.2, 0.25) is 10.0 Å². The van der Waals surface area contributed by atoms with Crippen molar-refractivity contribution in [3.05, 3.63) is 64.1 Å². The molecule has 0 spiro atoms. The van der Waals surface area contributed by atoms with Crippen molar-refractivity contribution in [1.82, 2.24) is 9.62 Å². The zero-order chi connectivity index (χ0) is 21.1. The van der Waals surface area contributed by atoms with E-state index in [4.69, 9.17) is 0 Å². The van der Waals surface area contributed by atoms with Crippen LogP contribution in [0.5, 0.6) is 0 Å². The number of nitrogens with one attached hydrogen (secondary N) is 1. The van der Waals surface area contributed by atoms with Crippen LogP contribution in [-0.4, -0.2) is 38.3 Å². The van der Waals surface area contributed by atoms with Gasteiger partial charge in [-0.3, -0.25) is 4.79 Å². The second-order valence-electron chi connectivity index (χ2n) is 7.41. The first kappa shape index (κ1) is 22.0. The Balaban J connectivity index is 1.81. The van der Waals surface area contributed by atoms with E-state index in [-0.39, 0.29) is 16.2 Å². The summed E-state index contributed by atoms with van der Waals surface area (Å²) in [5, 5.41) is 3.04. The van der Waals surface area contributed by atoms with Crippen LogP contribution in [0.25, 0.3) is 0 Å². The molecule has 3 rings (SSSR count). The van der Waals surface area contributed by atoms with Crippen LogP contribution in [-0.2, 0) is 15.4 Å². The first-order valence-electron chi connectivity index (χ1n) is 9.97. The highest BCUT2D eigenvalue weighted by molar-refractivity contribution is 9.10. The predicted molar refractivity (Wildman–Crippen MR) is 119 cm³/mol. The van der Waals surface area contributed by atoms with E-state index in [0.29, 0.717) is 29.7 Å². The Bertz CT molecular complexity index is 969. The van der Waals surface area contributed by atoms with Crippen LogP contribution in [0.1, 0.15) is 49.0 Å². The molecule has 0 heterocycles. The summed E-state index contributed by atoms with van der Waals surface area (Å²) in [6.07, 6.45) is 3.22.